The maximum absolute atomic E-state index is 11.9. The molecule has 0 saturated heterocycles. The van der Waals surface area contributed by atoms with Crippen molar-refractivity contribution in [1.82, 2.24) is 5.32 Å². The molecule has 1 fully saturated rings. The average molecular weight is 353 g/mol. The van der Waals surface area contributed by atoms with Gasteiger partial charge in [0.1, 0.15) is 5.75 Å². The van der Waals surface area contributed by atoms with Gasteiger partial charge in [-0.15, -0.1) is 0 Å². The lowest BCUT2D eigenvalue weighted by atomic mass is 9.87. The molecule has 1 aliphatic rings. The first-order valence-corrected chi connectivity index (χ1v) is 10.5. The molecule has 1 saturated carbocycles. The Hall–Kier alpha value is -1.56. The minimum absolute atomic E-state index is 0.0885. The number of ether oxygens (including phenoxy) is 1. The summed E-state index contributed by atoms with van der Waals surface area (Å²) in [7, 11) is -3.18. The zero-order valence-corrected chi connectivity index (χ0v) is 15.3. The van der Waals surface area contributed by atoms with Crippen LogP contribution in [0.1, 0.15) is 45.4 Å². The van der Waals surface area contributed by atoms with Crippen LogP contribution in [0.3, 0.4) is 0 Å². The number of carbonyl (C=O) groups is 1. The van der Waals surface area contributed by atoms with Crippen LogP contribution in [0.2, 0.25) is 0 Å². The van der Waals surface area contributed by atoms with Gasteiger partial charge in [0, 0.05) is 18.7 Å². The SMILES string of the molecule is CC1CCC(NC(=O)CCCOc2ccc(S(C)(=O)=O)cc2)CC1. The molecule has 0 heterocycles. The molecule has 1 aromatic rings. The molecule has 6 heteroatoms. The molecule has 1 amide bonds. The van der Waals surface area contributed by atoms with Crippen molar-refractivity contribution in [3.8, 4) is 5.75 Å². The minimum atomic E-state index is -3.18. The fraction of sp³-hybridized carbons (Fsp3) is 0.611. The maximum atomic E-state index is 11.9. The van der Waals surface area contributed by atoms with E-state index in [2.05, 4.69) is 12.2 Å². The number of hydrogen-bond acceptors (Lipinski definition) is 4. The molecule has 1 aromatic carbocycles. The largest absolute Gasteiger partial charge is 0.494 e. The molecule has 5 nitrogen and oxygen atoms in total. The van der Waals surface area contributed by atoms with Crippen LogP contribution in [0.25, 0.3) is 0 Å². The highest BCUT2D eigenvalue weighted by molar-refractivity contribution is 7.90. The van der Waals surface area contributed by atoms with Gasteiger partial charge in [-0.05, 0) is 62.3 Å². The molecule has 134 valence electrons. The predicted octanol–water partition coefficient (Wildman–Crippen LogP) is 2.94. The van der Waals surface area contributed by atoms with Gasteiger partial charge in [-0.1, -0.05) is 6.92 Å². The van der Waals surface area contributed by atoms with E-state index in [1.165, 1.54) is 31.2 Å². The summed E-state index contributed by atoms with van der Waals surface area (Å²) in [6.07, 6.45) is 6.81. The number of amides is 1. The fourth-order valence-electron chi connectivity index (χ4n) is 2.91. The fourth-order valence-corrected chi connectivity index (χ4v) is 3.54. The van der Waals surface area contributed by atoms with E-state index in [0.717, 1.165) is 18.8 Å². The van der Waals surface area contributed by atoms with Crippen LogP contribution in [0, 0.1) is 5.92 Å². The topological polar surface area (TPSA) is 72.5 Å². The third kappa shape index (κ3) is 6.15. The Morgan fingerprint density at radius 3 is 2.38 bits per heavy atom. The first-order valence-electron chi connectivity index (χ1n) is 8.57. The zero-order chi connectivity index (χ0) is 17.6. The summed E-state index contributed by atoms with van der Waals surface area (Å²) in [4.78, 5) is 12.2. The van der Waals surface area contributed by atoms with Crippen LogP contribution in [-0.4, -0.2) is 33.2 Å². The van der Waals surface area contributed by atoms with Crippen LogP contribution in [0.4, 0.5) is 0 Å². The lowest BCUT2D eigenvalue weighted by molar-refractivity contribution is -0.122. The molecular formula is C18H27NO4S. The Labute approximate surface area is 144 Å². The lowest BCUT2D eigenvalue weighted by Gasteiger charge is -2.26. The normalized spacial score (nSPS) is 21.2. The number of benzene rings is 1. The van der Waals surface area contributed by atoms with Gasteiger partial charge in [-0.2, -0.15) is 0 Å². The first kappa shape index (κ1) is 18.8. The van der Waals surface area contributed by atoms with E-state index in [0.29, 0.717) is 31.2 Å². The second-order valence-electron chi connectivity index (χ2n) is 6.72. The van der Waals surface area contributed by atoms with Gasteiger partial charge in [0.25, 0.3) is 0 Å². The maximum Gasteiger partial charge on any atom is 0.220 e. The number of carbonyl (C=O) groups excluding carboxylic acids is 1. The minimum Gasteiger partial charge on any atom is -0.494 e. The van der Waals surface area contributed by atoms with E-state index in [9.17, 15) is 13.2 Å². The standard InChI is InChI=1S/C18H27NO4S/c1-14-5-7-15(8-6-14)19-18(20)4-3-13-23-16-9-11-17(12-10-16)24(2,21)22/h9-12,14-15H,3-8,13H2,1-2H3,(H,19,20). The van der Waals surface area contributed by atoms with E-state index in [4.69, 9.17) is 4.74 Å². The van der Waals surface area contributed by atoms with Crippen molar-refractivity contribution in [3.05, 3.63) is 24.3 Å². The molecule has 0 aliphatic heterocycles. The Kier molecular flexibility index (Phi) is 6.66. The van der Waals surface area contributed by atoms with Crippen LogP contribution in [-0.2, 0) is 14.6 Å². The highest BCUT2D eigenvalue weighted by Gasteiger charge is 2.19. The van der Waals surface area contributed by atoms with Crippen molar-refractivity contribution in [2.75, 3.05) is 12.9 Å². The second kappa shape index (κ2) is 8.51. The predicted molar refractivity (Wildman–Crippen MR) is 93.8 cm³/mol. The summed E-state index contributed by atoms with van der Waals surface area (Å²) in [5, 5.41) is 3.10. The average Bonchev–Trinajstić information content (AvgIpc) is 2.53. The summed E-state index contributed by atoms with van der Waals surface area (Å²) >= 11 is 0. The lowest BCUT2D eigenvalue weighted by Crippen LogP contribution is -2.37. The molecule has 1 aliphatic carbocycles. The van der Waals surface area contributed by atoms with Crippen LogP contribution in [0.15, 0.2) is 29.2 Å². The van der Waals surface area contributed by atoms with Crippen molar-refractivity contribution in [2.24, 2.45) is 5.92 Å². The number of nitrogens with one attached hydrogen (secondary N) is 1. The Bertz CT molecular complexity index is 631. The van der Waals surface area contributed by atoms with Gasteiger partial charge in [0.15, 0.2) is 9.84 Å². The van der Waals surface area contributed by atoms with Crippen molar-refractivity contribution >= 4 is 15.7 Å². The Morgan fingerprint density at radius 2 is 1.79 bits per heavy atom. The summed E-state index contributed by atoms with van der Waals surface area (Å²) in [5.41, 5.74) is 0. The highest BCUT2D eigenvalue weighted by atomic mass is 32.2. The van der Waals surface area contributed by atoms with Gasteiger partial charge in [0.2, 0.25) is 5.91 Å². The van der Waals surface area contributed by atoms with Crippen molar-refractivity contribution in [2.45, 2.75) is 56.4 Å². The second-order valence-corrected chi connectivity index (χ2v) is 8.74. The third-order valence-corrected chi connectivity index (χ3v) is 5.58. The van der Waals surface area contributed by atoms with Crippen molar-refractivity contribution in [1.29, 1.82) is 0 Å². The number of rotatable bonds is 7. The molecule has 24 heavy (non-hydrogen) atoms. The van der Waals surface area contributed by atoms with E-state index < -0.39 is 9.84 Å². The van der Waals surface area contributed by atoms with Gasteiger partial charge < -0.3 is 10.1 Å². The van der Waals surface area contributed by atoms with Crippen LogP contribution < -0.4 is 10.1 Å². The monoisotopic (exact) mass is 353 g/mol. The molecule has 0 atom stereocenters. The summed E-state index contributed by atoms with van der Waals surface area (Å²) in [6, 6.07) is 6.67. The molecule has 1 N–H and O–H groups in total. The number of hydrogen-bond donors (Lipinski definition) is 1. The Balaban J connectivity index is 1.64. The molecule has 0 radical (unpaired) electrons. The van der Waals surface area contributed by atoms with E-state index in [1.54, 1.807) is 12.1 Å². The summed E-state index contributed by atoms with van der Waals surface area (Å²) in [5.74, 6) is 1.48. The third-order valence-electron chi connectivity index (χ3n) is 4.45. The highest BCUT2D eigenvalue weighted by Crippen LogP contribution is 2.23. The summed E-state index contributed by atoms with van der Waals surface area (Å²) < 4.78 is 28.3. The van der Waals surface area contributed by atoms with Gasteiger partial charge in [0.05, 0.1) is 11.5 Å². The molecule has 2 rings (SSSR count). The van der Waals surface area contributed by atoms with E-state index >= 15 is 0 Å². The molecule has 0 aromatic heterocycles. The quantitative estimate of drug-likeness (QED) is 0.765. The van der Waals surface area contributed by atoms with Crippen molar-refractivity contribution < 1.29 is 17.9 Å². The molecule has 0 unspecified atom stereocenters. The van der Waals surface area contributed by atoms with Crippen LogP contribution in [0.5, 0.6) is 5.75 Å². The Morgan fingerprint density at radius 1 is 1.17 bits per heavy atom. The van der Waals surface area contributed by atoms with E-state index in [1.807, 2.05) is 0 Å². The van der Waals surface area contributed by atoms with Crippen LogP contribution >= 0.6 is 0 Å². The smallest absolute Gasteiger partial charge is 0.220 e. The van der Waals surface area contributed by atoms with Gasteiger partial charge in [-0.3, -0.25) is 4.79 Å². The summed E-state index contributed by atoms with van der Waals surface area (Å²) in [6.45, 7) is 2.70. The molecular weight excluding hydrogens is 326 g/mol. The van der Waals surface area contributed by atoms with E-state index in [-0.39, 0.29) is 10.8 Å². The zero-order valence-electron chi connectivity index (χ0n) is 14.5. The van der Waals surface area contributed by atoms with Crippen molar-refractivity contribution in [3.63, 3.8) is 0 Å². The van der Waals surface area contributed by atoms with Gasteiger partial charge >= 0.3 is 0 Å². The first-order chi connectivity index (χ1) is 11.3. The molecule has 0 spiro atoms. The molecule has 0 bridgehead atoms. The number of sulfone groups is 1. The van der Waals surface area contributed by atoms with Gasteiger partial charge in [-0.25, -0.2) is 8.42 Å².